The fraction of sp³-hybridized carbons (Fsp3) is 0.643. The molecule has 1 aromatic heterocycles. The van der Waals surface area contributed by atoms with E-state index < -0.39 is 9.84 Å². The Kier molecular flexibility index (Phi) is 6.66. The topological polar surface area (TPSA) is 73.8 Å². The molecule has 2 rings (SSSR count). The number of thiophene rings is 1. The molecular formula is C14H24N4O2S2. The average molecular weight is 345 g/mol. The molecule has 124 valence electrons. The van der Waals surface area contributed by atoms with Crippen molar-refractivity contribution < 1.29 is 8.42 Å². The molecular weight excluding hydrogens is 320 g/mol. The quantitative estimate of drug-likeness (QED) is 0.582. The highest BCUT2D eigenvalue weighted by molar-refractivity contribution is 7.91. The van der Waals surface area contributed by atoms with Crippen LogP contribution < -0.4 is 10.6 Å². The Labute approximate surface area is 136 Å². The second-order valence-corrected chi connectivity index (χ2v) is 8.53. The van der Waals surface area contributed by atoms with Gasteiger partial charge in [0.2, 0.25) is 0 Å². The summed E-state index contributed by atoms with van der Waals surface area (Å²) in [7, 11) is -2.80. The number of guanidine groups is 1. The van der Waals surface area contributed by atoms with Crippen LogP contribution in [0.15, 0.2) is 22.5 Å². The van der Waals surface area contributed by atoms with E-state index in [1.165, 1.54) is 4.88 Å². The number of nitrogens with one attached hydrogen (secondary N) is 2. The summed E-state index contributed by atoms with van der Waals surface area (Å²) in [6.07, 6.45) is 0. The SMILES string of the molecule is CCNC(=NCc1cccs1)NCCN1CCS(=O)(=O)CC1. The average Bonchev–Trinajstić information content (AvgIpc) is 3.00. The summed E-state index contributed by atoms with van der Waals surface area (Å²) in [5.41, 5.74) is 0. The van der Waals surface area contributed by atoms with Gasteiger partial charge in [-0.25, -0.2) is 13.4 Å². The van der Waals surface area contributed by atoms with Gasteiger partial charge in [-0.1, -0.05) is 6.07 Å². The van der Waals surface area contributed by atoms with Crippen LogP contribution in [0.2, 0.25) is 0 Å². The van der Waals surface area contributed by atoms with Gasteiger partial charge < -0.3 is 10.6 Å². The van der Waals surface area contributed by atoms with Gasteiger partial charge >= 0.3 is 0 Å². The number of nitrogens with zero attached hydrogens (tertiary/aromatic N) is 2. The summed E-state index contributed by atoms with van der Waals surface area (Å²) in [5.74, 6) is 1.36. The largest absolute Gasteiger partial charge is 0.357 e. The first kappa shape index (κ1) is 17.2. The van der Waals surface area contributed by atoms with Gasteiger partial charge in [0.1, 0.15) is 0 Å². The van der Waals surface area contributed by atoms with E-state index in [2.05, 4.69) is 32.0 Å². The molecule has 1 aliphatic rings. The van der Waals surface area contributed by atoms with E-state index >= 15 is 0 Å². The summed E-state index contributed by atoms with van der Waals surface area (Å²) in [4.78, 5) is 7.96. The van der Waals surface area contributed by atoms with Crippen molar-refractivity contribution in [1.82, 2.24) is 15.5 Å². The van der Waals surface area contributed by atoms with Crippen molar-refractivity contribution in [2.75, 3.05) is 44.2 Å². The zero-order chi connectivity index (χ0) is 15.8. The van der Waals surface area contributed by atoms with Gasteiger partial charge in [-0.2, -0.15) is 0 Å². The highest BCUT2D eigenvalue weighted by Gasteiger charge is 2.20. The Balaban J connectivity index is 1.73. The maximum atomic E-state index is 11.4. The van der Waals surface area contributed by atoms with E-state index in [4.69, 9.17) is 0 Å². The van der Waals surface area contributed by atoms with E-state index in [9.17, 15) is 8.42 Å². The van der Waals surface area contributed by atoms with Gasteiger partial charge in [-0.3, -0.25) is 4.90 Å². The van der Waals surface area contributed by atoms with Crippen LogP contribution in [0.4, 0.5) is 0 Å². The molecule has 0 aromatic carbocycles. The first-order valence-electron chi connectivity index (χ1n) is 7.56. The number of sulfone groups is 1. The molecule has 0 atom stereocenters. The molecule has 0 spiro atoms. The van der Waals surface area contributed by atoms with Crippen molar-refractivity contribution in [2.24, 2.45) is 4.99 Å². The number of hydrogen-bond acceptors (Lipinski definition) is 5. The van der Waals surface area contributed by atoms with Crippen LogP contribution in [0.5, 0.6) is 0 Å². The van der Waals surface area contributed by atoms with Crippen molar-refractivity contribution >= 4 is 27.1 Å². The van der Waals surface area contributed by atoms with Gasteiger partial charge in [-0.05, 0) is 18.4 Å². The van der Waals surface area contributed by atoms with Crippen molar-refractivity contribution in [3.8, 4) is 0 Å². The van der Waals surface area contributed by atoms with E-state index in [1.807, 2.05) is 13.0 Å². The van der Waals surface area contributed by atoms with Crippen molar-refractivity contribution in [2.45, 2.75) is 13.5 Å². The standard InChI is InChI=1S/C14H24N4O2S2/c1-2-15-14(17-12-13-4-3-9-21-13)16-5-6-18-7-10-22(19,20)11-8-18/h3-4,9H,2,5-8,10-12H2,1H3,(H2,15,16,17). The molecule has 0 bridgehead atoms. The van der Waals surface area contributed by atoms with E-state index in [-0.39, 0.29) is 11.5 Å². The lowest BCUT2D eigenvalue weighted by Crippen LogP contribution is -2.45. The van der Waals surface area contributed by atoms with Gasteiger partial charge in [0.25, 0.3) is 0 Å². The number of hydrogen-bond donors (Lipinski definition) is 2. The van der Waals surface area contributed by atoms with Crippen LogP contribution in [0.3, 0.4) is 0 Å². The molecule has 1 aromatic rings. The number of rotatable bonds is 6. The highest BCUT2D eigenvalue weighted by atomic mass is 32.2. The fourth-order valence-electron chi connectivity index (χ4n) is 2.21. The molecule has 1 fully saturated rings. The lowest BCUT2D eigenvalue weighted by Gasteiger charge is -2.26. The van der Waals surface area contributed by atoms with Crippen molar-refractivity contribution in [3.63, 3.8) is 0 Å². The van der Waals surface area contributed by atoms with Crippen LogP contribution in [0, 0.1) is 0 Å². The third-order valence-corrected chi connectivity index (χ3v) is 5.95. The van der Waals surface area contributed by atoms with E-state index in [1.54, 1.807) is 11.3 Å². The van der Waals surface area contributed by atoms with Gasteiger partial charge in [0.05, 0.1) is 18.1 Å². The Morgan fingerprint density at radius 3 is 2.77 bits per heavy atom. The Morgan fingerprint density at radius 2 is 2.14 bits per heavy atom. The number of aliphatic imine (C=N–C) groups is 1. The maximum absolute atomic E-state index is 11.4. The zero-order valence-electron chi connectivity index (χ0n) is 12.9. The minimum atomic E-state index is -2.80. The van der Waals surface area contributed by atoms with Gasteiger partial charge in [0.15, 0.2) is 15.8 Å². The third kappa shape index (κ3) is 5.94. The van der Waals surface area contributed by atoms with Crippen LogP contribution in [-0.2, 0) is 16.4 Å². The molecule has 0 aliphatic carbocycles. The molecule has 2 heterocycles. The first-order chi connectivity index (χ1) is 10.6. The van der Waals surface area contributed by atoms with E-state index in [0.29, 0.717) is 19.6 Å². The third-order valence-electron chi connectivity index (χ3n) is 3.47. The normalized spacial score (nSPS) is 19.0. The van der Waals surface area contributed by atoms with Crippen LogP contribution in [0.25, 0.3) is 0 Å². The Hall–Kier alpha value is -1.12. The van der Waals surface area contributed by atoms with Crippen LogP contribution >= 0.6 is 11.3 Å². The summed E-state index contributed by atoms with van der Waals surface area (Å²) >= 11 is 1.70. The molecule has 8 heteroatoms. The molecule has 6 nitrogen and oxygen atoms in total. The monoisotopic (exact) mass is 344 g/mol. The lowest BCUT2D eigenvalue weighted by molar-refractivity contribution is 0.299. The summed E-state index contributed by atoms with van der Waals surface area (Å²) in [6, 6.07) is 4.10. The minimum Gasteiger partial charge on any atom is -0.357 e. The molecule has 22 heavy (non-hydrogen) atoms. The second kappa shape index (κ2) is 8.50. The van der Waals surface area contributed by atoms with Crippen LogP contribution in [-0.4, -0.2) is 63.5 Å². The Morgan fingerprint density at radius 1 is 1.36 bits per heavy atom. The first-order valence-corrected chi connectivity index (χ1v) is 10.3. The molecule has 0 unspecified atom stereocenters. The zero-order valence-corrected chi connectivity index (χ0v) is 14.5. The molecule has 1 saturated heterocycles. The highest BCUT2D eigenvalue weighted by Crippen LogP contribution is 2.09. The molecule has 0 radical (unpaired) electrons. The predicted octanol–water partition coefficient (Wildman–Crippen LogP) is 0.534. The minimum absolute atomic E-state index is 0.277. The maximum Gasteiger partial charge on any atom is 0.191 e. The molecule has 0 amide bonds. The predicted molar refractivity (Wildman–Crippen MR) is 92.2 cm³/mol. The lowest BCUT2D eigenvalue weighted by atomic mass is 10.4. The summed E-state index contributed by atoms with van der Waals surface area (Å²) in [5, 5.41) is 8.58. The summed E-state index contributed by atoms with van der Waals surface area (Å²) < 4.78 is 22.8. The fourth-order valence-corrected chi connectivity index (χ4v) is 4.11. The Bertz CT molecular complexity index is 556. The van der Waals surface area contributed by atoms with Crippen molar-refractivity contribution in [1.29, 1.82) is 0 Å². The molecule has 1 aliphatic heterocycles. The van der Waals surface area contributed by atoms with Crippen LogP contribution in [0.1, 0.15) is 11.8 Å². The van der Waals surface area contributed by atoms with Crippen molar-refractivity contribution in [3.05, 3.63) is 22.4 Å². The summed E-state index contributed by atoms with van der Waals surface area (Å²) in [6.45, 7) is 6.39. The van der Waals surface area contributed by atoms with Gasteiger partial charge in [-0.15, -0.1) is 11.3 Å². The smallest absolute Gasteiger partial charge is 0.191 e. The molecule has 2 N–H and O–H groups in total. The molecule has 0 saturated carbocycles. The van der Waals surface area contributed by atoms with E-state index in [0.717, 1.165) is 25.6 Å². The second-order valence-electron chi connectivity index (χ2n) is 5.19. The van der Waals surface area contributed by atoms with Gasteiger partial charge in [0, 0.05) is 37.6 Å².